The van der Waals surface area contributed by atoms with Crippen molar-refractivity contribution in [2.45, 2.75) is 58.0 Å². The summed E-state index contributed by atoms with van der Waals surface area (Å²) in [4.78, 5) is 26.2. The number of carbonyl (C=O) groups is 2. The van der Waals surface area contributed by atoms with Crippen molar-refractivity contribution in [3.8, 4) is 0 Å². The Labute approximate surface area is 179 Å². The lowest BCUT2D eigenvalue weighted by Crippen LogP contribution is -2.41. The SMILES string of the molecule is COC(=O)CC(CC1CCN(C(=O)OC(C)(C)C)CC1)c1ccc2ccccc2c1. The number of hydrogen-bond donors (Lipinski definition) is 0. The molecule has 1 atom stereocenters. The third-order valence-electron chi connectivity index (χ3n) is 5.77. The lowest BCUT2D eigenvalue weighted by molar-refractivity contribution is -0.141. The number of esters is 1. The second kappa shape index (κ2) is 9.50. The molecule has 5 heteroatoms. The molecular weight excluding hydrogens is 378 g/mol. The van der Waals surface area contributed by atoms with Crippen LogP contribution in [-0.2, 0) is 14.3 Å². The largest absolute Gasteiger partial charge is 0.469 e. The van der Waals surface area contributed by atoms with Crippen LogP contribution in [0.25, 0.3) is 10.8 Å². The van der Waals surface area contributed by atoms with E-state index in [0.29, 0.717) is 25.4 Å². The van der Waals surface area contributed by atoms with Crippen LogP contribution in [0.5, 0.6) is 0 Å². The predicted octanol–water partition coefficient (Wildman–Crippen LogP) is 5.52. The van der Waals surface area contributed by atoms with E-state index in [9.17, 15) is 9.59 Å². The van der Waals surface area contributed by atoms with E-state index in [-0.39, 0.29) is 18.0 Å². The number of hydrogen-bond acceptors (Lipinski definition) is 4. The molecule has 0 aliphatic carbocycles. The summed E-state index contributed by atoms with van der Waals surface area (Å²) in [5.74, 6) is 0.393. The highest BCUT2D eigenvalue weighted by Crippen LogP contribution is 2.34. The predicted molar refractivity (Wildman–Crippen MR) is 118 cm³/mol. The third-order valence-corrected chi connectivity index (χ3v) is 5.77. The van der Waals surface area contributed by atoms with Crippen molar-refractivity contribution in [3.05, 3.63) is 48.0 Å². The van der Waals surface area contributed by atoms with Crippen molar-refractivity contribution in [2.24, 2.45) is 5.92 Å². The maximum absolute atomic E-state index is 12.3. The lowest BCUT2D eigenvalue weighted by atomic mass is 9.82. The smallest absolute Gasteiger partial charge is 0.410 e. The van der Waals surface area contributed by atoms with Crippen LogP contribution < -0.4 is 0 Å². The number of methoxy groups -OCH3 is 1. The van der Waals surface area contributed by atoms with Crippen molar-refractivity contribution < 1.29 is 19.1 Å². The Hall–Kier alpha value is -2.56. The van der Waals surface area contributed by atoms with E-state index in [1.54, 1.807) is 4.90 Å². The van der Waals surface area contributed by atoms with Gasteiger partial charge in [-0.2, -0.15) is 0 Å². The van der Waals surface area contributed by atoms with E-state index in [4.69, 9.17) is 9.47 Å². The summed E-state index contributed by atoms with van der Waals surface area (Å²) >= 11 is 0. The molecule has 2 aromatic rings. The summed E-state index contributed by atoms with van der Waals surface area (Å²) < 4.78 is 10.5. The van der Waals surface area contributed by atoms with Gasteiger partial charge in [-0.15, -0.1) is 0 Å². The Morgan fingerprint density at radius 3 is 2.37 bits per heavy atom. The van der Waals surface area contributed by atoms with Crippen LogP contribution in [0.3, 0.4) is 0 Å². The zero-order valence-corrected chi connectivity index (χ0v) is 18.5. The number of carbonyl (C=O) groups excluding carboxylic acids is 2. The van der Waals surface area contributed by atoms with Gasteiger partial charge in [0.15, 0.2) is 0 Å². The normalized spacial score (nSPS) is 16.3. The number of likely N-dealkylation sites (tertiary alicyclic amines) is 1. The maximum atomic E-state index is 12.3. The average Bonchev–Trinajstić information content (AvgIpc) is 2.72. The van der Waals surface area contributed by atoms with Crippen LogP contribution in [0.1, 0.15) is 57.9 Å². The molecule has 0 bridgehead atoms. The van der Waals surface area contributed by atoms with Crippen molar-refractivity contribution in [2.75, 3.05) is 20.2 Å². The maximum Gasteiger partial charge on any atom is 0.410 e. The first-order valence-corrected chi connectivity index (χ1v) is 10.8. The van der Waals surface area contributed by atoms with Gasteiger partial charge in [0.2, 0.25) is 0 Å². The fourth-order valence-electron chi connectivity index (χ4n) is 4.16. The van der Waals surface area contributed by atoms with Crippen LogP contribution in [0.4, 0.5) is 4.79 Å². The van der Waals surface area contributed by atoms with E-state index in [0.717, 1.165) is 19.3 Å². The summed E-state index contributed by atoms with van der Waals surface area (Å²) in [7, 11) is 1.44. The van der Waals surface area contributed by atoms with E-state index in [1.807, 2.05) is 32.9 Å². The molecule has 0 radical (unpaired) electrons. The minimum Gasteiger partial charge on any atom is -0.469 e. The molecule has 1 saturated heterocycles. The van der Waals surface area contributed by atoms with E-state index in [1.165, 1.54) is 23.4 Å². The van der Waals surface area contributed by atoms with Gasteiger partial charge >= 0.3 is 12.1 Å². The monoisotopic (exact) mass is 411 g/mol. The summed E-state index contributed by atoms with van der Waals surface area (Å²) in [5, 5.41) is 2.38. The van der Waals surface area contributed by atoms with Gasteiger partial charge in [-0.05, 0) is 68.2 Å². The first kappa shape index (κ1) is 22.1. The number of amides is 1. The van der Waals surface area contributed by atoms with Crippen molar-refractivity contribution >= 4 is 22.8 Å². The molecule has 1 aliphatic rings. The second-order valence-electron chi connectivity index (χ2n) is 9.23. The molecule has 0 aromatic heterocycles. The lowest BCUT2D eigenvalue weighted by Gasteiger charge is -2.34. The van der Waals surface area contributed by atoms with Crippen LogP contribution in [-0.4, -0.2) is 42.8 Å². The van der Waals surface area contributed by atoms with Gasteiger partial charge < -0.3 is 14.4 Å². The number of nitrogens with zero attached hydrogens (tertiary/aromatic N) is 1. The van der Waals surface area contributed by atoms with Crippen molar-refractivity contribution in [1.29, 1.82) is 0 Å². The molecule has 1 heterocycles. The highest BCUT2D eigenvalue weighted by atomic mass is 16.6. The van der Waals surface area contributed by atoms with Gasteiger partial charge in [0.05, 0.1) is 13.5 Å². The summed E-state index contributed by atoms with van der Waals surface area (Å²) in [5.41, 5.74) is 0.698. The van der Waals surface area contributed by atoms with Crippen molar-refractivity contribution in [3.63, 3.8) is 0 Å². The Balaban J connectivity index is 1.67. The van der Waals surface area contributed by atoms with Gasteiger partial charge in [0.1, 0.15) is 5.60 Å². The van der Waals surface area contributed by atoms with E-state index < -0.39 is 5.60 Å². The standard InChI is InChI=1S/C25H33NO4/c1-25(2,3)30-24(28)26-13-11-18(12-14-26)15-22(17-23(27)29-4)21-10-9-19-7-5-6-8-20(19)16-21/h5-10,16,18,22H,11-15,17H2,1-4H3. The molecule has 2 aromatic carbocycles. The Morgan fingerprint density at radius 1 is 1.07 bits per heavy atom. The van der Waals surface area contributed by atoms with Gasteiger partial charge in [0.25, 0.3) is 0 Å². The van der Waals surface area contributed by atoms with Gasteiger partial charge in [-0.3, -0.25) is 4.79 Å². The van der Waals surface area contributed by atoms with Crippen molar-refractivity contribution in [1.82, 2.24) is 4.90 Å². The molecule has 5 nitrogen and oxygen atoms in total. The number of ether oxygens (including phenoxy) is 2. The molecule has 162 valence electrons. The fourth-order valence-corrected chi connectivity index (χ4v) is 4.16. The second-order valence-corrected chi connectivity index (χ2v) is 9.23. The van der Waals surface area contributed by atoms with Gasteiger partial charge in [0, 0.05) is 13.1 Å². The molecule has 0 spiro atoms. The first-order valence-electron chi connectivity index (χ1n) is 10.8. The van der Waals surface area contributed by atoms with Crippen LogP contribution in [0.15, 0.2) is 42.5 Å². The Kier molecular flexibility index (Phi) is 7.01. The van der Waals surface area contributed by atoms with E-state index in [2.05, 4.69) is 30.3 Å². The van der Waals surface area contributed by atoms with Crippen LogP contribution >= 0.6 is 0 Å². The Bertz CT molecular complexity index is 878. The minimum atomic E-state index is -0.477. The molecule has 0 N–H and O–H groups in total. The van der Waals surface area contributed by atoms with Crippen LogP contribution in [0, 0.1) is 5.92 Å². The number of fused-ring (bicyclic) bond motifs is 1. The number of piperidine rings is 1. The summed E-state index contributed by atoms with van der Waals surface area (Å²) in [6, 6.07) is 14.7. The molecule has 1 unspecified atom stereocenters. The Morgan fingerprint density at radius 2 is 1.73 bits per heavy atom. The van der Waals surface area contributed by atoms with E-state index >= 15 is 0 Å². The highest BCUT2D eigenvalue weighted by Gasteiger charge is 2.29. The zero-order chi connectivity index (χ0) is 21.7. The molecule has 1 amide bonds. The minimum absolute atomic E-state index is 0.111. The molecule has 1 fully saturated rings. The molecule has 1 aliphatic heterocycles. The molecular formula is C25H33NO4. The average molecular weight is 412 g/mol. The fraction of sp³-hybridized carbons (Fsp3) is 0.520. The van der Waals surface area contributed by atoms with Gasteiger partial charge in [-0.25, -0.2) is 4.79 Å². The summed E-state index contributed by atoms with van der Waals surface area (Å²) in [6.45, 7) is 7.06. The molecule has 0 saturated carbocycles. The number of rotatable bonds is 5. The first-order chi connectivity index (χ1) is 14.2. The van der Waals surface area contributed by atoms with Gasteiger partial charge in [-0.1, -0.05) is 42.5 Å². The third kappa shape index (κ3) is 5.97. The highest BCUT2D eigenvalue weighted by molar-refractivity contribution is 5.83. The zero-order valence-electron chi connectivity index (χ0n) is 18.5. The topological polar surface area (TPSA) is 55.8 Å². The molecule has 30 heavy (non-hydrogen) atoms. The van der Waals surface area contributed by atoms with Crippen LogP contribution in [0.2, 0.25) is 0 Å². The molecule has 3 rings (SSSR count). The quantitative estimate of drug-likeness (QED) is 0.608. The number of benzene rings is 2. The summed E-state index contributed by atoms with van der Waals surface area (Å²) in [6.07, 6.45) is 2.90.